The summed E-state index contributed by atoms with van der Waals surface area (Å²) in [5, 5.41) is 41.8. The molecule has 3 aromatic heterocycles. The Bertz CT molecular complexity index is 2820. The van der Waals surface area contributed by atoms with Gasteiger partial charge in [-0.15, -0.1) is 0 Å². The number of primary sulfonamides is 2. The maximum atomic E-state index is 12.6. The number of nitriles is 2. The Morgan fingerprint density at radius 2 is 1.22 bits per heavy atom. The van der Waals surface area contributed by atoms with Crippen molar-refractivity contribution in [2.75, 3.05) is 10.6 Å². The summed E-state index contributed by atoms with van der Waals surface area (Å²) in [6, 6.07) is 18.9. The fraction of sp³-hybridized carbons (Fsp3) is 0.0833. The largest absolute Gasteiger partial charge is 0.326 e. The van der Waals surface area contributed by atoms with Gasteiger partial charge in [-0.2, -0.15) is 20.7 Å². The van der Waals surface area contributed by atoms with Gasteiger partial charge in [-0.05, 0) is 53.6 Å². The van der Waals surface area contributed by atoms with Crippen molar-refractivity contribution in [2.24, 2.45) is 10.3 Å². The molecule has 0 aliphatic heterocycles. The van der Waals surface area contributed by atoms with Gasteiger partial charge in [0.15, 0.2) is 0 Å². The third kappa shape index (κ3) is 10.9. The lowest BCUT2D eigenvalue weighted by molar-refractivity contribution is -0.116. The molecule has 3 heterocycles. The number of pyridine rings is 1. The van der Waals surface area contributed by atoms with Gasteiger partial charge in [0.25, 0.3) is 6.43 Å². The van der Waals surface area contributed by atoms with Gasteiger partial charge < -0.3 is 10.6 Å². The molecule has 58 heavy (non-hydrogen) atoms. The van der Waals surface area contributed by atoms with E-state index in [4.69, 9.17) is 32.4 Å². The number of nitrogens with one attached hydrogen (secondary N) is 2. The predicted octanol–water partition coefficient (Wildman–Crippen LogP) is 4.13. The van der Waals surface area contributed by atoms with E-state index < -0.39 is 38.3 Å². The summed E-state index contributed by atoms with van der Waals surface area (Å²) in [5.41, 5.74) is 2.10. The summed E-state index contributed by atoms with van der Waals surface area (Å²) in [4.78, 5) is 27.8. The molecule has 0 radical (unpaired) electrons. The molecular weight excluding hydrogens is 820 g/mol. The molecule has 0 unspecified atom stereocenters. The number of hydrogen-bond acceptors (Lipinski definition) is 11. The Balaban J connectivity index is 0.000000221. The maximum Gasteiger partial charge on any atom is 0.263 e. The van der Waals surface area contributed by atoms with Crippen LogP contribution in [0.15, 0.2) is 114 Å². The smallest absolute Gasteiger partial charge is 0.263 e. The normalized spacial score (nSPS) is 11.2. The number of hydrogen-bond donors (Lipinski definition) is 4. The molecule has 2 amide bonds. The lowest BCUT2D eigenvalue weighted by Crippen LogP contribution is -2.18. The molecule has 6 N–H and O–H groups in total. The minimum Gasteiger partial charge on any atom is -0.326 e. The van der Waals surface area contributed by atoms with Crippen LogP contribution in [0.4, 0.5) is 20.2 Å². The zero-order valence-electron chi connectivity index (χ0n) is 29.5. The van der Waals surface area contributed by atoms with Crippen LogP contribution in [-0.4, -0.2) is 53.2 Å². The van der Waals surface area contributed by atoms with Crippen molar-refractivity contribution in [3.05, 3.63) is 137 Å². The van der Waals surface area contributed by atoms with Crippen LogP contribution in [0.2, 0.25) is 5.02 Å². The molecule has 0 spiro atoms. The van der Waals surface area contributed by atoms with Crippen molar-refractivity contribution in [3.8, 4) is 23.5 Å². The zero-order valence-corrected chi connectivity index (χ0v) is 31.9. The van der Waals surface area contributed by atoms with E-state index in [1.807, 2.05) is 12.1 Å². The van der Waals surface area contributed by atoms with Crippen LogP contribution in [0.1, 0.15) is 34.2 Å². The van der Waals surface area contributed by atoms with E-state index in [0.717, 1.165) is 0 Å². The van der Waals surface area contributed by atoms with Gasteiger partial charge >= 0.3 is 0 Å². The van der Waals surface area contributed by atoms with Crippen molar-refractivity contribution in [3.63, 3.8) is 0 Å². The molecule has 0 saturated carbocycles. The van der Waals surface area contributed by atoms with Crippen LogP contribution < -0.4 is 20.9 Å². The number of benzene rings is 3. The molecular formula is C36H28ClF2N11O6S2. The first-order chi connectivity index (χ1) is 27.4. The van der Waals surface area contributed by atoms with Crippen molar-refractivity contribution >= 4 is 54.8 Å². The summed E-state index contributed by atoms with van der Waals surface area (Å²) >= 11 is 5.99. The molecule has 0 bridgehead atoms. The average Bonchev–Trinajstić information content (AvgIpc) is 3.86. The molecule has 0 saturated heterocycles. The molecule has 6 aromatic rings. The van der Waals surface area contributed by atoms with Crippen LogP contribution in [0.25, 0.3) is 11.4 Å². The van der Waals surface area contributed by atoms with E-state index in [-0.39, 0.29) is 62.1 Å². The Morgan fingerprint density at radius 3 is 1.64 bits per heavy atom. The number of nitrogens with two attached hydrogens (primary N) is 2. The Morgan fingerprint density at radius 1 is 0.741 bits per heavy atom. The molecule has 17 nitrogen and oxygen atoms in total. The van der Waals surface area contributed by atoms with E-state index in [9.17, 15) is 35.2 Å². The molecule has 0 fully saturated rings. The van der Waals surface area contributed by atoms with Gasteiger partial charge in [-0.1, -0.05) is 35.9 Å². The molecule has 0 aliphatic carbocycles. The van der Waals surface area contributed by atoms with Crippen LogP contribution in [0.3, 0.4) is 0 Å². The molecule has 0 atom stereocenters. The van der Waals surface area contributed by atoms with Gasteiger partial charge in [-0.25, -0.2) is 45.3 Å². The number of halogens is 3. The second-order valence-electron chi connectivity index (χ2n) is 12.0. The fourth-order valence-corrected chi connectivity index (χ4v) is 6.81. The summed E-state index contributed by atoms with van der Waals surface area (Å²) in [5.74, 6) is -0.870. The number of nitrogens with zero attached hydrogens (tertiary/aromatic N) is 7. The minimum absolute atomic E-state index is 0.0154. The van der Waals surface area contributed by atoms with Gasteiger partial charge in [-0.3, -0.25) is 14.6 Å². The molecule has 6 rings (SSSR count). The van der Waals surface area contributed by atoms with Crippen LogP contribution >= 0.6 is 11.6 Å². The number of sulfonamides is 2. The van der Waals surface area contributed by atoms with E-state index in [0.29, 0.717) is 16.1 Å². The quantitative estimate of drug-likeness (QED) is 0.144. The highest BCUT2D eigenvalue weighted by molar-refractivity contribution is 7.89. The monoisotopic (exact) mass is 847 g/mol. The average molecular weight is 848 g/mol. The molecule has 22 heteroatoms. The van der Waals surface area contributed by atoms with E-state index in [1.54, 1.807) is 6.07 Å². The van der Waals surface area contributed by atoms with Crippen molar-refractivity contribution in [1.82, 2.24) is 24.5 Å². The highest BCUT2D eigenvalue weighted by Crippen LogP contribution is 2.26. The summed E-state index contributed by atoms with van der Waals surface area (Å²) in [6.45, 7) is 0. The van der Waals surface area contributed by atoms with Gasteiger partial charge in [0.2, 0.25) is 31.9 Å². The van der Waals surface area contributed by atoms with Gasteiger partial charge in [0.1, 0.15) is 21.9 Å². The van der Waals surface area contributed by atoms with E-state index in [2.05, 4.69) is 25.8 Å². The third-order valence-electron chi connectivity index (χ3n) is 7.82. The Labute approximate surface area is 334 Å². The number of anilines is 2. The lowest BCUT2D eigenvalue weighted by atomic mass is 10.1. The highest BCUT2D eigenvalue weighted by Gasteiger charge is 2.20. The standard InChI is InChI=1S/C19H15F2N5O3S.C17H13ClN6O3S/c20-19(21)14-3-1-12(2-4-14)7-18(27)25-15-5-6-16(17(8-15)30(23,28)29)26-11-13(9-22)10-24-26;18-14-9-21-4-3-12(14)5-17(25)23-13-1-2-15(16(6-13)28(20,26)27)24-10-11(7-19)8-22-24/h1-6,8,10-11,19H,7H2,(H,25,27)(H2,23,28,29);1-4,6,8-10H,5H2,(H,23,25)(H2,20,26,27). The maximum absolute atomic E-state index is 12.6. The second-order valence-corrected chi connectivity index (χ2v) is 15.5. The van der Waals surface area contributed by atoms with E-state index >= 15 is 0 Å². The van der Waals surface area contributed by atoms with E-state index in [1.165, 1.54) is 107 Å². The third-order valence-corrected chi connectivity index (χ3v) is 10.0. The van der Waals surface area contributed by atoms with Crippen LogP contribution in [-0.2, 0) is 42.5 Å². The minimum atomic E-state index is -4.18. The van der Waals surface area contributed by atoms with Crippen molar-refractivity contribution in [2.45, 2.75) is 29.1 Å². The van der Waals surface area contributed by atoms with Gasteiger partial charge in [0.05, 0.1) is 52.8 Å². The first-order valence-electron chi connectivity index (χ1n) is 16.2. The zero-order chi connectivity index (χ0) is 42.2. The fourth-order valence-electron chi connectivity index (χ4n) is 5.14. The number of alkyl halides is 2. The highest BCUT2D eigenvalue weighted by atomic mass is 35.5. The summed E-state index contributed by atoms with van der Waals surface area (Å²) in [7, 11) is -8.30. The topological polar surface area (TPSA) is 275 Å². The number of carbonyl (C=O) groups excluding carboxylic acids is 2. The molecule has 296 valence electrons. The second kappa shape index (κ2) is 17.9. The first-order valence-corrected chi connectivity index (χ1v) is 19.7. The Hall–Kier alpha value is -6.88. The Kier molecular flexibility index (Phi) is 13.1. The van der Waals surface area contributed by atoms with Crippen molar-refractivity contribution in [1.29, 1.82) is 10.5 Å². The molecule has 0 aliphatic rings. The number of rotatable bonds is 11. The number of carbonyl (C=O) groups is 2. The lowest BCUT2D eigenvalue weighted by Gasteiger charge is -2.11. The first kappa shape index (κ1) is 42.3. The SMILES string of the molecule is N#Cc1cnn(-c2ccc(NC(=O)Cc3ccc(C(F)F)cc3)cc2S(N)(=O)=O)c1.N#Cc1cnn(-c2ccc(NC(=O)Cc3ccncc3Cl)cc2S(N)(=O)=O)c1. The van der Waals surface area contributed by atoms with Gasteiger partial charge in [0, 0.05) is 41.7 Å². The summed E-state index contributed by atoms with van der Waals surface area (Å²) in [6.07, 6.45) is 5.50. The predicted molar refractivity (Wildman–Crippen MR) is 205 cm³/mol. The molecule has 3 aromatic carbocycles. The number of aromatic nitrogens is 5. The van der Waals surface area contributed by atoms with Crippen LogP contribution in [0, 0.1) is 22.7 Å². The van der Waals surface area contributed by atoms with Crippen LogP contribution in [0.5, 0.6) is 0 Å². The number of amides is 2. The summed E-state index contributed by atoms with van der Waals surface area (Å²) < 4.78 is 75.7. The van der Waals surface area contributed by atoms with Crippen molar-refractivity contribution < 1.29 is 35.2 Å².